The Morgan fingerprint density at radius 3 is 1.38 bits per heavy atom. The Kier molecular flexibility index (Phi) is 8.24. The van der Waals surface area contributed by atoms with Crippen molar-refractivity contribution in [3.05, 3.63) is 206 Å². The largest absolute Gasteiger partial charge is 0.455 e. The quantitative estimate of drug-likeness (QED) is 0.164. The van der Waals surface area contributed by atoms with E-state index in [1.165, 1.54) is 20.5 Å². The summed E-state index contributed by atoms with van der Waals surface area (Å²) in [7, 11) is -6.09. The van der Waals surface area contributed by atoms with Gasteiger partial charge < -0.3 is 13.5 Å². The van der Waals surface area contributed by atoms with Gasteiger partial charge in [-0.15, -0.1) is 11.3 Å². The van der Waals surface area contributed by atoms with Crippen LogP contribution in [0.2, 0.25) is 0 Å². The molecule has 276 valence electrons. The minimum Gasteiger partial charge on any atom is -0.455 e. The minimum absolute atomic E-state index is 0.794. The van der Waals surface area contributed by atoms with Gasteiger partial charge in [-0.05, 0) is 23.3 Å². The predicted octanol–water partition coefficient (Wildman–Crippen LogP) is 11.9. The fraction of sp³-hybridized carbons (Fsp3) is 0. The van der Waals surface area contributed by atoms with Gasteiger partial charge in [-0.2, -0.15) is 0 Å². The Hall–Kier alpha value is -6.28. The third-order valence-corrected chi connectivity index (χ3v) is 19.0. The number of hydrogen-bond donors (Lipinski definition) is 0. The first-order valence-electron chi connectivity index (χ1n) is 19.3. The molecule has 0 saturated carbocycles. The molecule has 0 spiro atoms. The molecule has 3 nitrogen and oxygen atoms in total. The van der Waals surface area contributed by atoms with Crippen molar-refractivity contribution >= 4 is 78.5 Å². The summed E-state index contributed by atoms with van der Waals surface area (Å²) in [5.74, 6) is 0.794. The van der Waals surface area contributed by atoms with Crippen LogP contribution in [-0.2, 0) is 9.13 Å². The van der Waals surface area contributed by atoms with Gasteiger partial charge in [-0.25, -0.2) is 0 Å². The average molecular weight is 801 g/mol. The maximum Gasteiger partial charge on any atom is 0.172 e. The zero-order chi connectivity index (χ0) is 38.8. The molecule has 4 heterocycles. The highest BCUT2D eigenvalue weighted by Gasteiger charge is 2.40. The van der Waals surface area contributed by atoms with Crippen molar-refractivity contribution in [2.75, 3.05) is 0 Å². The normalized spacial score (nSPS) is 17.2. The van der Waals surface area contributed by atoms with Crippen LogP contribution in [0, 0.1) is 0 Å². The molecule has 12 rings (SSSR count). The first kappa shape index (κ1) is 34.9. The summed E-state index contributed by atoms with van der Waals surface area (Å²) in [5, 5.41) is 7.57. The van der Waals surface area contributed by atoms with Crippen LogP contribution in [-0.4, -0.2) is 0 Å². The van der Waals surface area contributed by atoms with Crippen molar-refractivity contribution in [2.24, 2.45) is 0 Å². The van der Waals surface area contributed by atoms with Crippen molar-refractivity contribution < 1.29 is 13.5 Å². The number of hydrogen-bond acceptors (Lipinski definition) is 4. The monoisotopic (exact) mass is 800 g/mol. The van der Waals surface area contributed by atoms with Crippen LogP contribution >= 0.6 is 25.6 Å². The second kappa shape index (κ2) is 13.7. The topological polar surface area (TPSA) is 47.3 Å². The molecule has 0 radical (unpaired) electrons. The molecule has 0 fully saturated rings. The van der Waals surface area contributed by atoms with E-state index in [2.05, 4.69) is 72.8 Å². The third kappa shape index (κ3) is 5.13. The van der Waals surface area contributed by atoms with Crippen LogP contribution in [0.4, 0.5) is 0 Å². The Balaban J connectivity index is 0.000000133. The number of furan rings is 1. The molecule has 10 aromatic rings. The van der Waals surface area contributed by atoms with Crippen LogP contribution in [0.5, 0.6) is 0 Å². The molecule has 2 aliphatic rings. The molecule has 2 aromatic heterocycles. The van der Waals surface area contributed by atoms with E-state index in [0.29, 0.717) is 0 Å². The van der Waals surface area contributed by atoms with Crippen molar-refractivity contribution in [2.45, 2.75) is 0 Å². The molecule has 0 amide bonds. The SMILES string of the molecule is O=P1(c2ccccc2)c2ccccc2-c2oc3ccccc3c2-c2ccccc21.O=P1(c2ccccc2)c2ccccc2-c2sc3ccccc3c2-c2ccccc21. The van der Waals surface area contributed by atoms with Gasteiger partial charge in [0.2, 0.25) is 0 Å². The molecule has 2 unspecified atom stereocenters. The van der Waals surface area contributed by atoms with Crippen molar-refractivity contribution in [1.82, 2.24) is 0 Å². The fourth-order valence-electron chi connectivity index (χ4n) is 8.90. The predicted molar refractivity (Wildman–Crippen MR) is 246 cm³/mol. The number of benzene rings is 8. The lowest BCUT2D eigenvalue weighted by Gasteiger charge is -2.22. The summed E-state index contributed by atoms with van der Waals surface area (Å²) in [6.07, 6.45) is 0. The van der Waals surface area contributed by atoms with Gasteiger partial charge in [0.25, 0.3) is 0 Å². The van der Waals surface area contributed by atoms with E-state index in [9.17, 15) is 4.57 Å². The second-order valence-corrected chi connectivity index (χ2v) is 21.0. The van der Waals surface area contributed by atoms with Crippen LogP contribution in [0.15, 0.2) is 211 Å². The highest BCUT2D eigenvalue weighted by atomic mass is 32.1. The summed E-state index contributed by atoms with van der Waals surface area (Å²) < 4.78 is 37.6. The zero-order valence-corrected chi connectivity index (χ0v) is 33.8. The van der Waals surface area contributed by atoms with E-state index in [1.54, 1.807) is 11.3 Å². The van der Waals surface area contributed by atoms with Crippen LogP contribution < -0.4 is 31.8 Å². The molecule has 2 aliphatic heterocycles. The first-order chi connectivity index (χ1) is 28.6. The smallest absolute Gasteiger partial charge is 0.172 e. The lowest BCUT2D eigenvalue weighted by molar-refractivity contribution is 0.591. The first-order valence-corrected chi connectivity index (χ1v) is 23.5. The van der Waals surface area contributed by atoms with Gasteiger partial charge in [0, 0.05) is 74.4 Å². The van der Waals surface area contributed by atoms with Gasteiger partial charge in [0.1, 0.15) is 11.3 Å². The Bertz CT molecular complexity index is 3090. The summed E-state index contributed by atoms with van der Waals surface area (Å²) in [6, 6.07) is 68.9. The van der Waals surface area contributed by atoms with Gasteiger partial charge in [0.05, 0.1) is 0 Å². The third-order valence-electron chi connectivity index (χ3n) is 11.4. The highest BCUT2D eigenvalue weighted by Crippen LogP contribution is 2.56. The van der Waals surface area contributed by atoms with E-state index < -0.39 is 14.3 Å². The second-order valence-electron chi connectivity index (χ2n) is 14.6. The molecule has 58 heavy (non-hydrogen) atoms. The standard InChI is InChI=1S/C26H17O2P.C26H17OPS/c27-29(18-10-2-1-3-11-18)23-16-8-5-13-20(23)25-19-12-4-7-15-22(19)28-26(25)21-14-6-9-17-24(21)29;27-28(18-10-2-1-3-11-18)22-15-7-4-12-19(22)25-21-14-6-9-17-24(21)29-26(25)20-13-5-8-16-23(20)28/h2*1-17H. The van der Waals surface area contributed by atoms with Gasteiger partial charge in [-0.1, -0.05) is 194 Å². The summed E-state index contributed by atoms with van der Waals surface area (Å²) in [6.45, 7) is 0. The number of para-hydroxylation sites is 1. The summed E-state index contributed by atoms with van der Waals surface area (Å²) in [5.41, 5.74) is 7.14. The van der Waals surface area contributed by atoms with E-state index >= 15 is 4.57 Å². The molecule has 0 N–H and O–H groups in total. The van der Waals surface area contributed by atoms with Crippen molar-refractivity contribution in [3.8, 4) is 44.0 Å². The van der Waals surface area contributed by atoms with E-state index in [-0.39, 0.29) is 0 Å². The molecular weight excluding hydrogens is 767 g/mol. The maximum atomic E-state index is 15.0. The number of thiophene rings is 1. The Morgan fingerprint density at radius 2 is 0.776 bits per heavy atom. The molecular formula is C52H34O3P2S. The Labute approximate surface area is 340 Å². The molecule has 0 aliphatic carbocycles. The van der Waals surface area contributed by atoms with E-state index in [4.69, 9.17) is 4.42 Å². The lowest BCUT2D eigenvalue weighted by Crippen LogP contribution is -2.26. The summed E-state index contributed by atoms with van der Waals surface area (Å²) >= 11 is 1.79. The molecule has 2 atom stereocenters. The average Bonchev–Trinajstić information content (AvgIpc) is 3.84. The van der Waals surface area contributed by atoms with Gasteiger partial charge in [-0.3, -0.25) is 0 Å². The van der Waals surface area contributed by atoms with Crippen LogP contribution in [0.25, 0.3) is 65.1 Å². The molecule has 8 aromatic carbocycles. The maximum absolute atomic E-state index is 15.0. The van der Waals surface area contributed by atoms with Crippen LogP contribution in [0.1, 0.15) is 0 Å². The van der Waals surface area contributed by atoms with Crippen molar-refractivity contribution in [3.63, 3.8) is 0 Å². The Morgan fingerprint density at radius 1 is 0.362 bits per heavy atom. The minimum atomic E-state index is -3.08. The lowest BCUT2D eigenvalue weighted by atomic mass is 9.99. The van der Waals surface area contributed by atoms with Crippen molar-refractivity contribution in [1.29, 1.82) is 0 Å². The number of rotatable bonds is 2. The van der Waals surface area contributed by atoms with Gasteiger partial charge >= 0.3 is 0 Å². The molecule has 0 bridgehead atoms. The van der Waals surface area contributed by atoms with E-state index in [1.807, 2.05) is 133 Å². The highest BCUT2D eigenvalue weighted by molar-refractivity contribution is 7.86. The fourth-order valence-corrected chi connectivity index (χ4v) is 16.3. The molecule has 0 saturated heterocycles. The summed E-state index contributed by atoms with van der Waals surface area (Å²) in [4.78, 5) is 1.21. The number of fused-ring (bicyclic) bond motifs is 14. The molecule has 6 heteroatoms. The zero-order valence-electron chi connectivity index (χ0n) is 31.2. The van der Waals surface area contributed by atoms with E-state index in [0.717, 1.165) is 76.4 Å². The van der Waals surface area contributed by atoms with Crippen LogP contribution in [0.3, 0.4) is 0 Å². The van der Waals surface area contributed by atoms with Gasteiger partial charge in [0.15, 0.2) is 14.3 Å².